The van der Waals surface area contributed by atoms with Gasteiger partial charge in [0, 0.05) is 24.7 Å². The zero-order chi connectivity index (χ0) is 25.3. The summed E-state index contributed by atoms with van der Waals surface area (Å²) in [5.74, 6) is 0.464. The highest BCUT2D eigenvalue weighted by Crippen LogP contribution is 2.26. The van der Waals surface area contributed by atoms with E-state index in [9.17, 15) is 18.4 Å². The minimum Gasteiger partial charge on any atom is -0.289 e. The number of hydroxylamine groups is 1. The highest BCUT2D eigenvalue weighted by molar-refractivity contribution is 7.98. The lowest BCUT2D eigenvalue weighted by atomic mass is 10.1. The minimum absolute atomic E-state index is 0.0228. The molecule has 1 aromatic heterocycles. The molecule has 2 N–H and O–H groups in total. The number of aromatic nitrogens is 1. The first-order chi connectivity index (χ1) is 16.8. The second-order valence-corrected chi connectivity index (χ2v) is 11.5. The van der Waals surface area contributed by atoms with Crippen molar-refractivity contribution in [2.75, 3.05) is 12.3 Å². The summed E-state index contributed by atoms with van der Waals surface area (Å²) in [5, 5.41) is 9.39. The Bertz CT molecular complexity index is 1170. The summed E-state index contributed by atoms with van der Waals surface area (Å²) in [5.41, 5.74) is 4.60. The molecule has 3 aromatic rings. The third-order valence-electron chi connectivity index (χ3n) is 5.40. The molecule has 0 aliphatic heterocycles. The van der Waals surface area contributed by atoms with Crippen molar-refractivity contribution in [2.45, 2.75) is 37.0 Å². The van der Waals surface area contributed by atoms with E-state index in [0.717, 1.165) is 16.7 Å². The number of rotatable bonds is 12. The first-order valence-electron chi connectivity index (χ1n) is 11.4. The van der Waals surface area contributed by atoms with Crippen LogP contribution in [-0.2, 0) is 20.6 Å². The molecular weight excluding hydrogens is 482 g/mol. The average Bonchev–Trinajstić information content (AvgIpc) is 2.88. The van der Waals surface area contributed by atoms with E-state index in [-0.39, 0.29) is 23.8 Å². The molecule has 0 aliphatic carbocycles. The molecule has 1 atom stereocenters. The second kappa shape index (κ2) is 12.8. The van der Waals surface area contributed by atoms with Gasteiger partial charge in [-0.25, -0.2) is 13.9 Å². The molecule has 35 heavy (non-hydrogen) atoms. The van der Waals surface area contributed by atoms with Gasteiger partial charge in [-0.2, -0.15) is 16.1 Å². The van der Waals surface area contributed by atoms with Gasteiger partial charge in [0.15, 0.2) is 0 Å². The first kappa shape index (κ1) is 26.9. The van der Waals surface area contributed by atoms with Crippen LogP contribution >= 0.6 is 11.8 Å². The molecule has 1 heterocycles. The number of sulfonamides is 1. The molecule has 0 saturated carbocycles. The molecule has 0 fully saturated rings. The normalized spacial score (nSPS) is 12.6. The van der Waals surface area contributed by atoms with E-state index in [2.05, 4.69) is 4.98 Å². The standard InChI is InChI=1S/C26H31N3O4S2/c1-20(2)18-29(25(26(30)28-31)14-16-34-19-21-7-6-15-27-17-21)35(32,33)24-12-10-23(11-13-24)22-8-4-3-5-9-22/h3-13,15,17,20,25,31H,14,16,18-19H2,1-2H3,(H,28,30). The molecule has 1 unspecified atom stereocenters. The molecule has 1 amide bonds. The SMILES string of the molecule is CC(C)CN(C(CCSCc1cccnc1)C(=O)NO)S(=O)(=O)c1ccc(-c2ccccc2)cc1. The molecule has 0 aliphatic rings. The molecule has 0 radical (unpaired) electrons. The number of pyridine rings is 1. The lowest BCUT2D eigenvalue weighted by molar-refractivity contribution is -0.133. The van der Waals surface area contributed by atoms with Gasteiger partial charge in [0.05, 0.1) is 4.90 Å². The first-order valence-corrected chi connectivity index (χ1v) is 14.0. The lowest BCUT2D eigenvalue weighted by Crippen LogP contribution is -2.50. The van der Waals surface area contributed by atoms with Crippen LogP contribution in [0.4, 0.5) is 0 Å². The smallest absolute Gasteiger partial charge is 0.261 e. The predicted molar refractivity (Wildman–Crippen MR) is 139 cm³/mol. The maximum absolute atomic E-state index is 13.7. The van der Waals surface area contributed by atoms with Gasteiger partial charge in [0.2, 0.25) is 10.0 Å². The van der Waals surface area contributed by atoms with Crippen LogP contribution in [0.5, 0.6) is 0 Å². The van der Waals surface area contributed by atoms with Crippen molar-refractivity contribution >= 4 is 27.7 Å². The van der Waals surface area contributed by atoms with Crippen molar-refractivity contribution in [3.63, 3.8) is 0 Å². The Morgan fingerprint density at radius 3 is 2.31 bits per heavy atom. The van der Waals surface area contributed by atoms with E-state index in [1.165, 1.54) is 4.31 Å². The van der Waals surface area contributed by atoms with Crippen LogP contribution < -0.4 is 5.48 Å². The number of hydrogen-bond donors (Lipinski definition) is 2. The van der Waals surface area contributed by atoms with E-state index < -0.39 is 22.0 Å². The maximum Gasteiger partial charge on any atom is 0.261 e. The predicted octanol–water partition coefficient (Wildman–Crippen LogP) is 4.59. The largest absolute Gasteiger partial charge is 0.289 e. The molecule has 0 spiro atoms. The Balaban J connectivity index is 1.81. The van der Waals surface area contributed by atoms with E-state index in [4.69, 9.17) is 0 Å². The van der Waals surface area contributed by atoms with Crippen molar-refractivity contribution in [3.8, 4) is 11.1 Å². The van der Waals surface area contributed by atoms with Crippen LogP contribution in [0, 0.1) is 5.92 Å². The van der Waals surface area contributed by atoms with Gasteiger partial charge in [-0.3, -0.25) is 15.0 Å². The number of nitrogens with one attached hydrogen (secondary N) is 1. The monoisotopic (exact) mass is 513 g/mol. The summed E-state index contributed by atoms with van der Waals surface area (Å²) < 4.78 is 28.6. The highest BCUT2D eigenvalue weighted by atomic mass is 32.2. The molecule has 186 valence electrons. The number of amides is 1. The zero-order valence-corrected chi connectivity index (χ0v) is 21.5. The van der Waals surface area contributed by atoms with Crippen LogP contribution in [0.25, 0.3) is 11.1 Å². The Hall–Kier alpha value is -2.72. The van der Waals surface area contributed by atoms with Crippen molar-refractivity contribution in [1.29, 1.82) is 0 Å². The van der Waals surface area contributed by atoms with Crippen LogP contribution in [0.2, 0.25) is 0 Å². The quantitative estimate of drug-likeness (QED) is 0.209. The van der Waals surface area contributed by atoms with Gasteiger partial charge < -0.3 is 0 Å². The van der Waals surface area contributed by atoms with E-state index >= 15 is 0 Å². The number of nitrogens with zero attached hydrogens (tertiary/aromatic N) is 2. The fraction of sp³-hybridized carbons (Fsp3) is 0.308. The molecule has 2 aromatic carbocycles. The number of carbonyl (C=O) groups is 1. The van der Waals surface area contributed by atoms with Crippen LogP contribution in [-0.4, -0.2) is 47.2 Å². The van der Waals surface area contributed by atoms with Gasteiger partial charge >= 0.3 is 0 Å². The molecule has 0 saturated heterocycles. The molecule has 0 bridgehead atoms. The van der Waals surface area contributed by atoms with Crippen molar-refractivity contribution in [2.24, 2.45) is 5.92 Å². The molecule has 9 heteroatoms. The molecular formula is C26H31N3O4S2. The maximum atomic E-state index is 13.7. The van der Waals surface area contributed by atoms with Gasteiger partial charge in [0.25, 0.3) is 5.91 Å². The number of hydrogen-bond acceptors (Lipinski definition) is 6. The number of carbonyl (C=O) groups excluding carboxylic acids is 1. The second-order valence-electron chi connectivity index (χ2n) is 8.55. The number of benzene rings is 2. The van der Waals surface area contributed by atoms with E-state index in [1.807, 2.05) is 56.3 Å². The van der Waals surface area contributed by atoms with Crippen LogP contribution in [0.15, 0.2) is 84.0 Å². The summed E-state index contributed by atoms with van der Waals surface area (Å²) >= 11 is 1.58. The Morgan fingerprint density at radius 2 is 1.71 bits per heavy atom. The van der Waals surface area contributed by atoms with E-state index in [0.29, 0.717) is 11.5 Å². The lowest BCUT2D eigenvalue weighted by Gasteiger charge is -2.31. The Morgan fingerprint density at radius 1 is 1.03 bits per heavy atom. The van der Waals surface area contributed by atoms with Gasteiger partial charge in [-0.05, 0) is 53.0 Å². The summed E-state index contributed by atoms with van der Waals surface area (Å²) in [6, 6.07) is 19.1. The van der Waals surface area contributed by atoms with Crippen LogP contribution in [0.3, 0.4) is 0 Å². The Kier molecular flexibility index (Phi) is 9.85. The number of thioether (sulfide) groups is 1. The van der Waals surface area contributed by atoms with E-state index in [1.54, 1.807) is 53.9 Å². The third-order valence-corrected chi connectivity index (χ3v) is 8.35. The molecule has 3 rings (SSSR count). The summed E-state index contributed by atoms with van der Waals surface area (Å²) in [6.45, 7) is 3.94. The Labute approximate surface area is 211 Å². The fourth-order valence-electron chi connectivity index (χ4n) is 3.69. The highest BCUT2D eigenvalue weighted by Gasteiger charge is 2.36. The average molecular weight is 514 g/mol. The van der Waals surface area contributed by atoms with Crippen molar-refractivity contribution in [3.05, 3.63) is 84.7 Å². The van der Waals surface area contributed by atoms with Crippen molar-refractivity contribution < 1.29 is 18.4 Å². The zero-order valence-electron chi connectivity index (χ0n) is 19.9. The molecule has 7 nitrogen and oxygen atoms in total. The van der Waals surface area contributed by atoms with Gasteiger partial charge in [-0.1, -0.05) is 62.4 Å². The van der Waals surface area contributed by atoms with Crippen LogP contribution in [0.1, 0.15) is 25.8 Å². The van der Waals surface area contributed by atoms with Gasteiger partial charge in [-0.15, -0.1) is 0 Å². The summed E-state index contributed by atoms with van der Waals surface area (Å²) in [4.78, 5) is 16.8. The van der Waals surface area contributed by atoms with Gasteiger partial charge in [0.1, 0.15) is 6.04 Å². The third kappa shape index (κ3) is 7.38. The fourth-order valence-corrected chi connectivity index (χ4v) is 6.41. The summed E-state index contributed by atoms with van der Waals surface area (Å²) in [6.07, 6.45) is 3.74. The topological polar surface area (TPSA) is 99.6 Å². The summed E-state index contributed by atoms with van der Waals surface area (Å²) in [7, 11) is -4.00. The van der Waals surface area contributed by atoms with Crippen molar-refractivity contribution in [1.82, 2.24) is 14.8 Å². The minimum atomic E-state index is -4.00.